The summed E-state index contributed by atoms with van der Waals surface area (Å²) in [4.78, 5) is 2.33. The summed E-state index contributed by atoms with van der Waals surface area (Å²) in [6.07, 6.45) is 0. The maximum atomic E-state index is 14.0. The van der Waals surface area contributed by atoms with E-state index < -0.39 is 0 Å². The molecule has 1 aromatic heterocycles. The zero-order valence-electron chi connectivity index (χ0n) is 34.6. The Morgan fingerprint density at radius 1 is 0.344 bits per heavy atom. The van der Waals surface area contributed by atoms with Gasteiger partial charge in [0.25, 0.3) is 0 Å². The summed E-state index contributed by atoms with van der Waals surface area (Å²) in [5.41, 5.74) is 24.5. The van der Waals surface area contributed by atoms with Crippen LogP contribution in [-0.4, -0.2) is 4.57 Å². The highest BCUT2D eigenvalue weighted by Crippen LogP contribution is 2.70. The summed E-state index contributed by atoms with van der Waals surface area (Å²) in [5.74, 6) is -0.242. The van der Waals surface area contributed by atoms with Crippen molar-refractivity contribution in [1.29, 1.82) is 0 Å². The lowest BCUT2D eigenvalue weighted by Crippen LogP contribution is -2.23. The molecule has 3 aliphatic carbocycles. The Balaban J connectivity index is 0.839. The average Bonchev–Trinajstić information content (AvgIpc) is 4.05. The van der Waals surface area contributed by atoms with Gasteiger partial charge in [-0.1, -0.05) is 146 Å². The van der Waals surface area contributed by atoms with E-state index in [1.807, 2.05) is 12.1 Å². The molecule has 10 aromatic carbocycles. The Morgan fingerprint density at radius 2 is 0.844 bits per heavy atom. The van der Waals surface area contributed by atoms with Gasteiger partial charge in [-0.25, -0.2) is 4.39 Å². The number of aromatic nitrogens is 1. The highest BCUT2D eigenvalue weighted by molar-refractivity contribution is 6.10. The molecule has 1 atom stereocenters. The van der Waals surface area contributed by atoms with E-state index in [1.165, 1.54) is 89.7 Å². The third-order valence-electron chi connectivity index (χ3n) is 14.2. The summed E-state index contributed by atoms with van der Waals surface area (Å²) in [7, 11) is 0. The molecule has 1 spiro atoms. The molecule has 0 aliphatic heterocycles. The fourth-order valence-electron chi connectivity index (χ4n) is 11.6. The van der Waals surface area contributed by atoms with E-state index in [0.29, 0.717) is 0 Å². The van der Waals surface area contributed by atoms with Crippen molar-refractivity contribution in [3.05, 3.63) is 253 Å². The van der Waals surface area contributed by atoms with E-state index in [9.17, 15) is 4.39 Å². The smallest absolute Gasteiger partial charge is 0.123 e. The number of benzene rings is 10. The monoisotopic (exact) mass is 816 g/mol. The van der Waals surface area contributed by atoms with E-state index in [-0.39, 0.29) is 11.2 Å². The highest BCUT2D eigenvalue weighted by atomic mass is 19.1. The summed E-state index contributed by atoms with van der Waals surface area (Å²) in [6.45, 7) is 0. The second-order valence-corrected chi connectivity index (χ2v) is 17.3. The fraction of sp³-hybridized carbons (Fsp3) is 0.0164. The van der Waals surface area contributed by atoms with Crippen molar-refractivity contribution in [3.63, 3.8) is 0 Å². The van der Waals surface area contributed by atoms with Crippen LogP contribution in [-0.2, 0) is 5.41 Å². The average molecular weight is 817 g/mol. The topological polar surface area (TPSA) is 8.17 Å². The van der Waals surface area contributed by atoms with E-state index in [4.69, 9.17) is 0 Å². The molecule has 3 aliphatic rings. The molecule has 0 radical (unpaired) electrons. The van der Waals surface area contributed by atoms with Crippen molar-refractivity contribution < 1.29 is 4.39 Å². The molecular weight excluding hydrogens is 780 g/mol. The van der Waals surface area contributed by atoms with Crippen molar-refractivity contribution >= 4 is 38.9 Å². The Kier molecular flexibility index (Phi) is 7.25. The fourth-order valence-corrected chi connectivity index (χ4v) is 11.6. The van der Waals surface area contributed by atoms with Crippen molar-refractivity contribution in [2.45, 2.75) is 5.41 Å². The molecule has 1 heterocycles. The number of halogens is 1. The lowest BCUT2D eigenvalue weighted by Gasteiger charge is -2.28. The van der Waals surface area contributed by atoms with Gasteiger partial charge in [-0.05, 0) is 157 Å². The number of fused-ring (bicyclic) bond motifs is 8. The van der Waals surface area contributed by atoms with Crippen LogP contribution >= 0.6 is 0 Å². The first-order chi connectivity index (χ1) is 31.6. The number of anilines is 3. The molecule has 0 saturated carbocycles. The molecule has 2 nitrogen and oxygen atoms in total. The van der Waals surface area contributed by atoms with Crippen LogP contribution in [0.4, 0.5) is 21.5 Å². The molecule has 3 heteroatoms. The highest BCUT2D eigenvalue weighted by Gasteiger charge is 2.57. The normalized spacial score (nSPS) is 14.7. The Labute approximate surface area is 370 Å². The minimum atomic E-state index is -0.303. The van der Waals surface area contributed by atoms with Gasteiger partial charge in [0.2, 0.25) is 0 Å². The molecule has 298 valence electrons. The third kappa shape index (κ3) is 4.73. The van der Waals surface area contributed by atoms with E-state index in [0.717, 1.165) is 44.9 Å². The van der Waals surface area contributed by atoms with Crippen LogP contribution in [0.15, 0.2) is 224 Å². The van der Waals surface area contributed by atoms with E-state index in [1.54, 1.807) is 0 Å². The standard InChI is InChI=1S/C61H37FN2/c62-42-26-32-46(33-27-42)64-57-19-7-5-13-49(57)50-35-25-41(37-58(50)64)39-22-30-45(31-23-39)63(43-10-2-1-3-11-43)44-28-20-38(21-29-44)40-24-34-48-52-15-9-17-54-53-16-8-14-51-47-12-4-6-18-55(47)61(59(51)53,60(52)54)56(48)36-40/h1-37H. The summed E-state index contributed by atoms with van der Waals surface area (Å²) in [6, 6.07) is 80.4. The first-order valence-electron chi connectivity index (χ1n) is 22.0. The molecule has 0 saturated heterocycles. The lowest BCUT2D eigenvalue weighted by molar-refractivity contribution is 0.627. The lowest BCUT2D eigenvalue weighted by atomic mass is 9.73. The first-order valence-corrected chi connectivity index (χ1v) is 22.0. The predicted molar refractivity (Wildman–Crippen MR) is 262 cm³/mol. The summed E-state index contributed by atoms with van der Waals surface area (Å²) >= 11 is 0. The second kappa shape index (κ2) is 13.1. The van der Waals surface area contributed by atoms with Crippen molar-refractivity contribution in [1.82, 2.24) is 4.57 Å². The Bertz CT molecular complexity index is 3680. The van der Waals surface area contributed by atoms with Gasteiger partial charge < -0.3 is 9.47 Å². The number of hydrogen-bond acceptors (Lipinski definition) is 1. The van der Waals surface area contributed by atoms with Crippen molar-refractivity contribution in [2.75, 3.05) is 4.90 Å². The minimum Gasteiger partial charge on any atom is -0.311 e. The van der Waals surface area contributed by atoms with Crippen molar-refractivity contribution in [3.8, 4) is 61.3 Å². The Hall–Kier alpha value is -8.27. The third-order valence-corrected chi connectivity index (χ3v) is 14.2. The number of rotatable bonds is 6. The zero-order valence-corrected chi connectivity index (χ0v) is 34.6. The first kappa shape index (κ1) is 35.3. The van der Waals surface area contributed by atoms with Gasteiger partial charge in [0.05, 0.1) is 16.4 Å². The van der Waals surface area contributed by atoms with Gasteiger partial charge in [-0.2, -0.15) is 0 Å². The zero-order chi connectivity index (χ0) is 42.1. The molecule has 0 fully saturated rings. The largest absolute Gasteiger partial charge is 0.311 e. The number of hydrogen-bond donors (Lipinski definition) is 0. The quantitative estimate of drug-likeness (QED) is 0.162. The number of nitrogens with zero attached hydrogens (tertiary/aromatic N) is 2. The maximum Gasteiger partial charge on any atom is 0.123 e. The molecular formula is C61H37FN2. The maximum absolute atomic E-state index is 14.0. The van der Waals surface area contributed by atoms with Crippen LogP contribution in [0.25, 0.3) is 83.1 Å². The van der Waals surface area contributed by atoms with Gasteiger partial charge in [0.1, 0.15) is 5.82 Å². The van der Waals surface area contributed by atoms with Gasteiger partial charge in [-0.3, -0.25) is 0 Å². The van der Waals surface area contributed by atoms with Gasteiger partial charge >= 0.3 is 0 Å². The van der Waals surface area contributed by atoms with E-state index in [2.05, 4.69) is 210 Å². The van der Waals surface area contributed by atoms with Crippen LogP contribution < -0.4 is 4.90 Å². The van der Waals surface area contributed by atoms with Crippen molar-refractivity contribution in [2.24, 2.45) is 0 Å². The van der Waals surface area contributed by atoms with Crippen LogP contribution in [0.2, 0.25) is 0 Å². The summed E-state index contributed by atoms with van der Waals surface area (Å²) < 4.78 is 16.3. The van der Waals surface area contributed by atoms with E-state index >= 15 is 0 Å². The molecule has 64 heavy (non-hydrogen) atoms. The van der Waals surface area contributed by atoms with Gasteiger partial charge in [0, 0.05) is 33.5 Å². The second-order valence-electron chi connectivity index (χ2n) is 17.3. The van der Waals surface area contributed by atoms with Crippen LogP contribution in [0.3, 0.4) is 0 Å². The van der Waals surface area contributed by atoms with Crippen LogP contribution in [0.5, 0.6) is 0 Å². The molecule has 0 N–H and O–H groups in total. The van der Waals surface area contributed by atoms with Gasteiger partial charge in [-0.15, -0.1) is 0 Å². The molecule has 11 aromatic rings. The molecule has 1 unspecified atom stereocenters. The van der Waals surface area contributed by atoms with Crippen LogP contribution in [0.1, 0.15) is 22.3 Å². The number of para-hydroxylation sites is 2. The summed E-state index contributed by atoms with van der Waals surface area (Å²) in [5, 5.41) is 2.34. The SMILES string of the molecule is Fc1ccc(-n2c3ccccc3c3ccc(-c4ccc(N(c5ccccc5)c5ccc(-c6ccc7c(c6)C68c9ccccc9-c9cccc(c96)-c6cccc-7c68)cc5)cc4)cc32)cc1. The van der Waals surface area contributed by atoms with Crippen LogP contribution in [0, 0.1) is 5.82 Å². The molecule has 0 bridgehead atoms. The molecule has 14 rings (SSSR count). The predicted octanol–water partition coefficient (Wildman–Crippen LogP) is 16.1. The van der Waals surface area contributed by atoms with Gasteiger partial charge in [0.15, 0.2) is 0 Å². The minimum absolute atomic E-state index is 0.242. The Morgan fingerprint density at radius 3 is 1.53 bits per heavy atom. The molecule has 0 amide bonds.